The number of hydrogen-bond acceptors (Lipinski definition) is 5. The number of nitrogens with one attached hydrogen (secondary N) is 1. The van der Waals surface area contributed by atoms with Crippen molar-refractivity contribution in [3.05, 3.63) is 83.3 Å². The van der Waals surface area contributed by atoms with Gasteiger partial charge in [0.15, 0.2) is 0 Å². The van der Waals surface area contributed by atoms with Gasteiger partial charge in [0.25, 0.3) is 5.91 Å². The molecule has 7 nitrogen and oxygen atoms in total. The molecule has 4 aromatic rings. The van der Waals surface area contributed by atoms with E-state index < -0.39 is 0 Å². The predicted molar refractivity (Wildman–Crippen MR) is 118 cm³/mol. The second-order valence-electron chi connectivity index (χ2n) is 7.80. The standard InChI is InChI=1S/C24H25N5O2/c1-15(2)19-6-5-7-20(13-19)29-16(3)12-21(17(29)4)24(30)26-14-22-27-23(28-31-22)18-8-10-25-11-9-18/h5-13,15H,14H2,1-4H3,(H,26,30). The van der Waals surface area contributed by atoms with Crippen LogP contribution in [0.5, 0.6) is 0 Å². The van der Waals surface area contributed by atoms with Gasteiger partial charge < -0.3 is 14.4 Å². The number of benzene rings is 1. The maximum Gasteiger partial charge on any atom is 0.253 e. The van der Waals surface area contributed by atoms with Gasteiger partial charge >= 0.3 is 0 Å². The van der Waals surface area contributed by atoms with Gasteiger partial charge in [-0.2, -0.15) is 4.98 Å². The van der Waals surface area contributed by atoms with Crippen LogP contribution in [0.15, 0.2) is 59.4 Å². The highest BCUT2D eigenvalue weighted by molar-refractivity contribution is 5.95. The molecule has 0 fully saturated rings. The topological polar surface area (TPSA) is 85.8 Å². The number of rotatable bonds is 6. The summed E-state index contributed by atoms with van der Waals surface area (Å²) < 4.78 is 7.37. The molecule has 0 radical (unpaired) electrons. The highest BCUT2D eigenvalue weighted by Gasteiger charge is 2.18. The van der Waals surface area contributed by atoms with Crippen LogP contribution in [0, 0.1) is 13.8 Å². The summed E-state index contributed by atoms with van der Waals surface area (Å²) in [5.41, 5.74) is 5.64. The number of carbonyl (C=O) groups is 1. The van der Waals surface area contributed by atoms with Crippen molar-refractivity contribution in [1.29, 1.82) is 0 Å². The summed E-state index contributed by atoms with van der Waals surface area (Å²) in [4.78, 5) is 21.2. The molecule has 0 aliphatic heterocycles. The summed E-state index contributed by atoms with van der Waals surface area (Å²) in [6.45, 7) is 8.46. The number of nitrogens with zero attached hydrogens (tertiary/aromatic N) is 4. The molecule has 3 heterocycles. The zero-order chi connectivity index (χ0) is 22.0. The Kier molecular flexibility index (Phi) is 5.66. The third-order valence-electron chi connectivity index (χ3n) is 5.28. The molecule has 3 aromatic heterocycles. The van der Waals surface area contributed by atoms with Crippen LogP contribution in [-0.2, 0) is 6.54 Å². The van der Waals surface area contributed by atoms with E-state index in [0.717, 1.165) is 22.6 Å². The summed E-state index contributed by atoms with van der Waals surface area (Å²) in [6.07, 6.45) is 3.33. The predicted octanol–water partition coefficient (Wildman–Crippen LogP) is 4.59. The Balaban J connectivity index is 1.51. The monoisotopic (exact) mass is 415 g/mol. The van der Waals surface area contributed by atoms with E-state index >= 15 is 0 Å². The van der Waals surface area contributed by atoms with Crippen molar-refractivity contribution in [2.75, 3.05) is 0 Å². The fourth-order valence-corrected chi connectivity index (χ4v) is 3.61. The van der Waals surface area contributed by atoms with Crippen LogP contribution in [0.3, 0.4) is 0 Å². The summed E-state index contributed by atoms with van der Waals surface area (Å²) in [6, 6.07) is 13.9. The summed E-state index contributed by atoms with van der Waals surface area (Å²) in [7, 11) is 0. The first-order chi connectivity index (χ1) is 14.9. The normalized spacial score (nSPS) is 11.1. The van der Waals surface area contributed by atoms with Gasteiger partial charge in [-0.1, -0.05) is 31.1 Å². The van der Waals surface area contributed by atoms with E-state index in [1.54, 1.807) is 24.5 Å². The summed E-state index contributed by atoms with van der Waals surface area (Å²) in [5, 5.41) is 6.85. The maximum atomic E-state index is 12.9. The van der Waals surface area contributed by atoms with E-state index in [1.165, 1.54) is 5.56 Å². The number of pyridine rings is 1. The van der Waals surface area contributed by atoms with Gasteiger partial charge in [-0.3, -0.25) is 9.78 Å². The molecular weight excluding hydrogens is 390 g/mol. The largest absolute Gasteiger partial charge is 0.343 e. The molecule has 31 heavy (non-hydrogen) atoms. The average Bonchev–Trinajstić information content (AvgIpc) is 3.37. The fraction of sp³-hybridized carbons (Fsp3) is 0.250. The lowest BCUT2D eigenvalue weighted by Crippen LogP contribution is -2.23. The van der Waals surface area contributed by atoms with Crippen LogP contribution in [0.25, 0.3) is 17.1 Å². The number of hydrogen-bond donors (Lipinski definition) is 1. The zero-order valence-corrected chi connectivity index (χ0v) is 18.1. The number of carbonyl (C=O) groups excluding carboxylic acids is 1. The third-order valence-corrected chi connectivity index (χ3v) is 5.28. The van der Waals surface area contributed by atoms with Crippen LogP contribution in [0.4, 0.5) is 0 Å². The lowest BCUT2D eigenvalue weighted by molar-refractivity contribution is 0.0945. The first-order valence-electron chi connectivity index (χ1n) is 10.2. The van der Waals surface area contributed by atoms with Crippen molar-refractivity contribution >= 4 is 5.91 Å². The molecule has 0 atom stereocenters. The molecule has 1 aromatic carbocycles. The van der Waals surface area contributed by atoms with Crippen LogP contribution < -0.4 is 5.32 Å². The minimum atomic E-state index is -0.178. The van der Waals surface area contributed by atoms with E-state index in [4.69, 9.17) is 4.52 Å². The number of aromatic nitrogens is 4. The van der Waals surface area contributed by atoms with E-state index in [9.17, 15) is 4.79 Å². The quantitative estimate of drug-likeness (QED) is 0.498. The molecule has 1 N–H and O–H groups in total. The lowest BCUT2D eigenvalue weighted by atomic mass is 10.0. The molecule has 158 valence electrons. The zero-order valence-electron chi connectivity index (χ0n) is 18.1. The molecule has 0 unspecified atom stereocenters. The Morgan fingerprint density at radius 3 is 2.65 bits per heavy atom. The molecular formula is C24H25N5O2. The molecule has 4 rings (SSSR count). The lowest BCUT2D eigenvalue weighted by Gasteiger charge is -2.13. The van der Waals surface area contributed by atoms with Crippen molar-refractivity contribution in [3.63, 3.8) is 0 Å². The average molecular weight is 415 g/mol. The van der Waals surface area contributed by atoms with Crippen LogP contribution in [0.2, 0.25) is 0 Å². The van der Waals surface area contributed by atoms with E-state index in [-0.39, 0.29) is 12.5 Å². The molecule has 7 heteroatoms. The van der Waals surface area contributed by atoms with E-state index in [0.29, 0.717) is 23.2 Å². The molecule has 0 aliphatic rings. The van der Waals surface area contributed by atoms with Gasteiger partial charge in [0.05, 0.1) is 12.1 Å². The Hall–Kier alpha value is -3.74. The summed E-state index contributed by atoms with van der Waals surface area (Å²) >= 11 is 0. The van der Waals surface area contributed by atoms with Gasteiger partial charge in [-0.15, -0.1) is 0 Å². The third kappa shape index (κ3) is 4.26. The fourth-order valence-electron chi connectivity index (χ4n) is 3.61. The first-order valence-corrected chi connectivity index (χ1v) is 10.2. The van der Waals surface area contributed by atoms with Crippen molar-refractivity contribution in [2.24, 2.45) is 0 Å². The van der Waals surface area contributed by atoms with Crippen molar-refractivity contribution in [3.8, 4) is 17.1 Å². The highest BCUT2D eigenvalue weighted by Crippen LogP contribution is 2.24. The molecule has 1 amide bonds. The second-order valence-corrected chi connectivity index (χ2v) is 7.80. The molecule has 0 aliphatic carbocycles. The summed E-state index contributed by atoms with van der Waals surface area (Å²) in [5.74, 6) is 1.07. The Labute approximate surface area is 181 Å². The van der Waals surface area contributed by atoms with E-state index in [2.05, 4.69) is 63.1 Å². The SMILES string of the molecule is Cc1cc(C(=O)NCc2nc(-c3ccncc3)no2)c(C)n1-c1cccc(C(C)C)c1. The van der Waals surface area contributed by atoms with Gasteiger partial charge in [0.2, 0.25) is 11.7 Å². The maximum absolute atomic E-state index is 12.9. The first kappa shape index (κ1) is 20.5. The molecule has 0 saturated carbocycles. The van der Waals surface area contributed by atoms with E-state index in [1.807, 2.05) is 19.9 Å². The Morgan fingerprint density at radius 2 is 1.90 bits per heavy atom. The number of aryl methyl sites for hydroxylation is 1. The van der Waals surface area contributed by atoms with Gasteiger partial charge in [-0.25, -0.2) is 0 Å². The minimum absolute atomic E-state index is 0.156. The molecule has 0 bridgehead atoms. The Morgan fingerprint density at radius 1 is 1.13 bits per heavy atom. The van der Waals surface area contributed by atoms with Crippen molar-refractivity contribution in [1.82, 2.24) is 25.0 Å². The minimum Gasteiger partial charge on any atom is -0.343 e. The van der Waals surface area contributed by atoms with Crippen LogP contribution in [0.1, 0.15) is 53.0 Å². The van der Waals surface area contributed by atoms with Gasteiger partial charge in [-0.05, 0) is 55.7 Å². The smallest absolute Gasteiger partial charge is 0.253 e. The van der Waals surface area contributed by atoms with Crippen molar-refractivity contribution < 1.29 is 9.32 Å². The van der Waals surface area contributed by atoms with Gasteiger partial charge in [0, 0.05) is 35.0 Å². The molecule has 0 saturated heterocycles. The van der Waals surface area contributed by atoms with Crippen LogP contribution >= 0.6 is 0 Å². The van der Waals surface area contributed by atoms with Gasteiger partial charge in [0.1, 0.15) is 0 Å². The highest BCUT2D eigenvalue weighted by atomic mass is 16.5. The van der Waals surface area contributed by atoms with Crippen molar-refractivity contribution in [2.45, 2.75) is 40.2 Å². The molecule has 0 spiro atoms. The second kappa shape index (κ2) is 8.55. The van der Waals surface area contributed by atoms with Crippen LogP contribution in [-0.4, -0.2) is 25.6 Å². The Bertz CT molecular complexity index is 1210. The number of amides is 1.